The lowest BCUT2D eigenvalue weighted by molar-refractivity contribution is 0.109. The Morgan fingerprint density at radius 3 is 2.25 bits per heavy atom. The second-order valence-corrected chi connectivity index (χ2v) is 9.06. The molecule has 3 nitrogen and oxygen atoms in total. The van der Waals surface area contributed by atoms with Gasteiger partial charge in [-0.3, -0.25) is 4.90 Å². The summed E-state index contributed by atoms with van der Waals surface area (Å²) in [6, 6.07) is 29.1. The molecule has 164 valence electrons. The summed E-state index contributed by atoms with van der Waals surface area (Å²) in [5.74, 6) is 0. The van der Waals surface area contributed by atoms with Crippen LogP contribution < -0.4 is 0 Å². The van der Waals surface area contributed by atoms with Crippen LogP contribution in [0.4, 0.5) is 0 Å². The van der Waals surface area contributed by atoms with Crippen LogP contribution in [-0.2, 0) is 6.42 Å². The van der Waals surface area contributed by atoms with E-state index in [1.165, 1.54) is 46.1 Å². The fourth-order valence-electron chi connectivity index (χ4n) is 5.07. The van der Waals surface area contributed by atoms with Crippen molar-refractivity contribution in [3.05, 3.63) is 107 Å². The SMILES string of the molecule is Cc1ccc([C@H](c2ccccc2)N2CCN(CCCc3c[nH]c4ccccc34)CC2)cc1. The van der Waals surface area contributed by atoms with Gasteiger partial charge >= 0.3 is 0 Å². The molecule has 1 aromatic heterocycles. The summed E-state index contributed by atoms with van der Waals surface area (Å²) >= 11 is 0. The van der Waals surface area contributed by atoms with Gasteiger partial charge < -0.3 is 9.88 Å². The summed E-state index contributed by atoms with van der Waals surface area (Å²) in [7, 11) is 0. The maximum absolute atomic E-state index is 3.41. The van der Waals surface area contributed by atoms with E-state index in [0.29, 0.717) is 6.04 Å². The van der Waals surface area contributed by atoms with Crippen molar-refractivity contribution in [2.45, 2.75) is 25.8 Å². The van der Waals surface area contributed by atoms with E-state index in [4.69, 9.17) is 0 Å². The number of aromatic amines is 1. The van der Waals surface area contributed by atoms with E-state index in [-0.39, 0.29) is 0 Å². The molecule has 3 aromatic carbocycles. The number of nitrogens with one attached hydrogen (secondary N) is 1. The van der Waals surface area contributed by atoms with Crippen molar-refractivity contribution in [2.75, 3.05) is 32.7 Å². The van der Waals surface area contributed by atoms with E-state index in [1.807, 2.05) is 0 Å². The molecule has 0 spiro atoms. The fraction of sp³-hybridized carbons (Fsp3) is 0.310. The minimum Gasteiger partial charge on any atom is -0.361 e. The van der Waals surface area contributed by atoms with E-state index < -0.39 is 0 Å². The maximum Gasteiger partial charge on any atom is 0.0602 e. The van der Waals surface area contributed by atoms with E-state index in [1.54, 1.807) is 0 Å². The summed E-state index contributed by atoms with van der Waals surface area (Å²) < 4.78 is 0. The quantitative estimate of drug-likeness (QED) is 0.405. The highest BCUT2D eigenvalue weighted by molar-refractivity contribution is 5.82. The number of hydrogen-bond acceptors (Lipinski definition) is 2. The Bertz CT molecular complexity index is 1120. The molecule has 32 heavy (non-hydrogen) atoms. The number of nitrogens with zero attached hydrogens (tertiary/aromatic N) is 2. The molecule has 1 aliphatic rings. The number of H-pyrrole nitrogens is 1. The van der Waals surface area contributed by atoms with Crippen molar-refractivity contribution in [2.24, 2.45) is 0 Å². The molecule has 1 N–H and O–H groups in total. The third-order valence-electron chi connectivity index (χ3n) is 6.88. The van der Waals surface area contributed by atoms with Crippen molar-refractivity contribution in [1.82, 2.24) is 14.8 Å². The van der Waals surface area contributed by atoms with Gasteiger partial charge in [0.25, 0.3) is 0 Å². The molecule has 1 fully saturated rings. The molecule has 0 bridgehead atoms. The van der Waals surface area contributed by atoms with Gasteiger partial charge in [-0.05, 0) is 49.1 Å². The van der Waals surface area contributed by atoms with Gasteiger partial charge in [0.2, 0.25) is 0 Å². The summed E-state index contributed by atoms with van der Waals surface area (Å²) in [5.41, 5.74) is 6.81. The van der Waals surface area contributed by atoms with E-state index >= 15 is 0 Å². The predicted octanol–water partition coefficient (Wildman–Crippen LogP) is 5.82. The van der Waals surface area contributed by atoms with Crippen LogP contribution in [0, 0.1) is 6.92 Å². The highest BCUT2D eigenvalue weighted by atomic mass is 15.3. The van der Waals surface area contributed by atoms with Gasteiger partial charge in [0.1, 0.15) is 0 Å². The number of benzene rings is 3. The maximum atomic E-state index is 3.41. The van der Waals surface area contributed by atoms with E-state index in [0.717, 1.165) is 32.6 Å². The van der Waals surface area contributed by atoms with Crippen LogP contribution in [0.1, 0.15) is 34.7 Å². The van der Waals surface area contributed by atoms with Gasteiger partial charge in [-0.25, -0.2) is 0 Å². The molecule has 0 saturated carbocycles. The second-order valence-electron chi connectivity index (χ2n) is 9.06. The van der Waals surface area contributed by atoms with Crippen LogP contribution in [0.3, 0.4) is 0 Å². The smallest absolute Gasteiger partial charge is 0.0602 e. The van der Waals surface area contributed by atoms with Crippen molar-refractivity contribution in [3.63, 3.8) is 0 Å². The van der Waals surface area contributed by atoms with Gasteiger partial charge in [-0.15, -0.1) is 0 Å². The molecule has 0 aliphatic carbocycles. The Morgan fingerprint density at radius 1 is 0.781 bits per heavy atom. The number of fused-ring (bicyclic) bond motifs is 1. The van der Waals surface area contributed by atoms with Crippen LogP contribution in [0.2, 0.25) is 0 Å². The number of para-hydroxylation sites is 1. The van der Waals surface area contributed by atoms with E-state index in [9.17, 15) is 0 Å². The van der Waals surface area contributed by atoms with Gasteiger partial charge in [0, 0.05) is 43.3 Å². The Balaban J connectivity index is 1.20. The Labute approximate surface area is 191 Å². The Hall–Kier alpha value is -2.88. The van der Waals surface area contributed by atoms with Crippen molar-refractivity contribution in [3.8, 4) is 0 Å². The number of piperazine rings is 1. The van der Waals surface area contributed by atoms with Gasteiger partial charge in [0.05, 0.1) is 6.04 Å². The summed E-state index contributed by atoms with van der Waals surface area (Å²) in [5, 5.41) is 1.38. The Morgan fingerprint density at radius 2 is 1.47 bits per heavy atom. The average molecular weight is 424 g/mol. The van der Waals surface area contributed by atoms with Crippen LogP contribution in [0.15, 0.2) is 85.1 Å². The molecule has 1 aliphatic heterocycles. The third-order valence-corrected chi connectivity index (χ3v) is 6.88. The highest BCUT2D eigenvalue weighted by Crippen LogP contribution is 2.30. The standard InChI is InChI=1S/C29H33N3/c1-23-13-15-25(16-14-23)29(24-8-3-2-4-9-24)32-20-18-31(19-21-32)17-7-10-26-22-30-28-12-6-5-11-27(26)28/h2-6,8-9,11-16,22,29-30H,7,10,17-21H2,1H3/t29-/m0/s1. The summed E-state index contributed by atoms with van der Waals surface area (Å²) in [6.07, 6.45) is 4.54. The number of rotatable bonds is 7. The summed E-state index contributed by atoms with van der Waals surface area (Å²) in [4.78, 5) is 8.71. The molecule has 4 aromatic rings. The van der Waals surface area contributed by atoms with Crippen molar-refractivity contribution < 1.29 is 0 Å². The lowest BCUT2D eigenvalue weighted by atomic mass is 9.95. The Kier molecular flexibility index (Phi) is 6.38. The monoisotopic (exact) mass is 423 g/mol. The highest BCUT2D eigenvalue weighted by Gasteiger charge is 2.26. The molecule has 0 unspecified atom stereocenters. The molecule has 3 heteroatoms. The predicted molar refractivity (Wildman–Crippen MR) is 134 cm³/mol. The van der Waals surface area contributed by atoms with Crippen LogP contribution in [0.25, 0.3) is 10.9 Å². The zero-order chi connectivity index (χ0) is 21.8. The lowest BCUT2D eigenvalue weighted by Crippen LogP contribution is -2.48. The van der Waals surface area contributed by atoms with Crippen LogP contribution in [0.5, 0.6) is 0 Å². The van der Waals surface area contributed by atoms with E-state index in [2.05, 4.69) is 107 Å². The number of aromatic nitrogens is 1. The van der Waals surface area contributed by atoms with Crippen LogP contribution in [-0.4, -0.2) is 47.5 Å². The molecule has 5 rings (SSSR count). The average Bonchev–Trinajstić information content (AvgIpc) is 3.25. The third kappa shape index (κ3) is 4.64. The molecule has 1 atom stereocenters. The first-order chi connectivity index (χ1) is 15.8. The topological polar surface area (TPSA) is 22.3 Å². The lowest BCUT2D eigenvalue weighted by Gasteiger charge is -2.40. The zero-order valence-electron chi connectivity index (χ0n) is 19.0. The fourth-order valence-corrected chi connectivity index (χ4v) is 5.07. The van der Waals surface area contributed by atoms with Gasteiger partial charge in [-0.1, -0.05) is 78.4 Å². The van der Waals surface area contributed by atoms with Gasteiger partial charge in [0.15, 0.2) is 0 Å². The van der Waals surface area contributed by atoms with Crippen LogP contribution >= 0.6 is 0 Å². The zero-order valence-corrected chi connectivity index (χ0v) is 19.0. The largest absolute Gasteiger partial charge is 0.361 e. The molecular weight excluding hydrogens is 390 g/mol. The molecule has 2 heterocycles. The van der Waals surface area contributed by atoms with Crippen molar-refractivity contribution >= 4 is 10.9 Å². The number of hydrogen-bond donors (Lipinski definition) is 1. The minimum absolute atomic E-state index is 0.338. The van der Waals surface area contributed by atoms with Gasteiger partial charge in [-0.2, -0.15) is 0 Å². The second kappa shape index (κ2) is 9.72. The first-order valence-corrected chi connectivity index (χ1v) is 11.9. The molecule has 0 radical (unpaired) electrons. The minimum atomic E-state index is 0.338. The first-order valence-electron chi connectivity index (χ1n) is 11.9. The molecule has 1 saturated heterocycles. The molecular formula is C29H33N3. The molecule has 0 amide bonds. The normalized spacial score (nSPS) is 16.4. The van der Waals surface area contributed by atoms with Crippen molar-refractivity contribution in [1.29, 1.82) is 0 Å². The first kappa shape index (κ1) is 21.0. The number of aryl methyl sites for hydroxylation is 2. The summed E-state index contributed by atoms with van der Waals surface area (Å²) in [6.45, 7) is 7.84.